The first kappa shape index (κ1) is 11.4. The third kappa shape index (κ3) is 2.66. The summed E-state index contributed by atoms with van der Waals surface area (Å²) in [7, 11) is 0. The predicted molar refractivity (Wildman–Crippen MR) is 55.8 cm³/mol. The molecule has 1 rings (SSSR count). The van der Waals surface area contributed by atoms with Crippen LogP contribution in [-0.2, 0) is 4.79 Å². The molecule has 0 radical (unpaired) electrons. The van der Waals surface area contributed by atoms with E-state index in [2.05, 4.69) is 6.58 Å². The van der Waals surface area contributed by atoms with Crippen molar-refractivity contribution in [3.8, 4) is 0 Å². The molecule has 0 heterocycles. The van der Waals surface area contributed by atoms with Crippen molar-refractivity contribution in [2.45, 2.75) is 44.8 Å². The Morgan fingerprint density at radius 2 is 2.21 bits per heavy atom. The average Bonchev–Trinajstić information content (AvgIpc) is 2.98. The molecule has 80 valence electrons. The molecule has 2 atom stereocenters. The van der Waals surface area contributed by atoms with E-state index in [4.69, 9.17) is 5.73 Å². The molecule has 1 aliphatic rings. The van der Waals surface area contributed by atoms with E-state index < -0.39 is 12.1 Å². The minimum Gasteiger partial charge on any atom is -0.383 e. The van der Waals surface area contributed by atoms with Crippen molar-refractivity contribution in [1.82, 2.24) is 0 Å². The average molecular weight is 197 g/mol. The zero-order valence-electron chi connectivity index (χ0n) is 8.70. The van der Waals surface area contributed by atoms with Crippen molar-refractivity contribution >= 4 is 5.78 Å². The maximum atomic E-state index is 11.6. The van der Waals surface area contributed by atoms with Crippen LogP contribution in [0.3, 0.4) is 0 Å². The minimum absolute atomic E-state index is 0.256. The van der Waals surface area contributed by atoms with Gasteiger partial charge in [0.05, 0.1) is 0 Å². The Morgan fingerprint density at radius 1 is 1.64 bits per heavy atom. The van der Waals surface area contributed by atoms with Gasteiger partial charge in [0, 0.05) is 6.04 Å². The maximum absolute atomic E-state index is 11.6. The van der Waals surface area contributed by atoms with Gasteiger partial charge in [0.15, 0.2) is 5.78 Å². The fourth-order valence-electron chi connectivity index (χ4n) is 1.51. The summed E-state index contributed by atoms with van der Waals surface area (Å²) < 4.78 is 0. The minimum atomic E-state index is -1.05. The molecule has 14 heavy (non-hydrogen) atoms. The van der Waals surface area contributed by atoms with Crippen LogP contribution in [0.2, 0.25) is 0 Å². The molecule has 0 aromatic heterocycles. The lowest BCUT2D eigenvalue weighted by Crippen LogP contribution is -2.41. The Bertz CT molecular complexity index is 233. The van der Waals surface area contributed by atoms with Crippen LogP contribution in [0.25, 0.3) is 0 Å². The molecular formula is C11H19NO2. The quantitative estimate of drug-likeness (QED) is 0.625. The van der Waals surface area contributed by atoms with Gasteiger partial charge in [-0.05, 0) is 30.8 Å². The van der Waals surface area contributed by atoms with E-state index >= 15 is 0 Å². The van der Waals surface area contributed by atoms with E-state index in [0.29, 0.717) is 17.9 Å². The van der Waals surface area contributed by atoms with E-state index in [-0.39, 0.29) is 5.78 Å². The van der Waals surface area contributed by atoms with Gasteiger partial charge in [0.2, 0.25) is 0 Å². The standard InChI is InChI=1S/C11H19NO2/c1-3-4-9(12)11(14)10(13)7(2)8-5-6-8/h8-9,11,14H,2-6,12H2,1H3/t9-,11?/m0/s1. The third-order valence-corrected chi connectivity index (χ3v) is 2.68. The van der Waals surface area contributed by atoms with Crippen molar-refractivity contribution in [2.24, 2.45) is 11.7 Å². The van der Waals surface area contributed by atoms with E-state index in [1.807, 2.05) is 6.92 Å². The molecule has 3 nitrogen and oxygen atoms in total. The summed E-state index contributed by atoms with van der Waals surface area (Å²) in [5.41, 5.74) is 6.23. The molecule has 0 aromatic rings. The van der Waals surface area contributed by atoms with Crippen LogP contribution < -0.4 is 5.73 Å². The summed E-state index contributed by atoms with van der Waals surface area (Å²) in [4.78, 5) is 11.6. The van der Waals surface area contributed by atoms with E-state index in [0.717, 1.165) is 19.3 Å². The lowest BCUT2D eigenvalue weighted by Gasteiger charge is -2.17. The van der Waals surface area contributed by atoms with Crippen molar-refractivity contribution < 1.29 is 9.90 Å². The number of aliphatic hydroxyl groups is 1. The van der Waals surface area contributed by atoms with E-state index in [9.17, 15) is 9.90 Å². The second-order valence-electron chi connectivity index (χ2n) is 4.06. The molecule has 0 aliphatic heterocycles. The van der Waals surface area contributed by atoms with Crippen LogP contribution in [0.1, 0.15) is 32.6 Å². The van der Waals surface area contributed by atoms with Gasteiger partial charge >= 0.3 is 0 Å². The Balaban J connectivity index is 2.45. The first-order valence-electron chi connectivity index (χ1n) is 5.24. The Labute approximate surface area is 85.0 Å². The molecule has 1 aliphatic carbocycles. The lowest BCUT2D eigenvalue weighted by atomic mass is 9.97. The second-order valence-corrected chi connectivity index (χ2v) is 4.06. The number of rotatable bonds is 6. The van der Waals surface area contributed by atoms with Gasteiger partial charge in [-0.25, -0.2) is 0 Å². The molecule has 0 bridgehead atoms. The van der Waals surface area contributed by atoms with Crippen LogP contribution >= 0.6 is 0 Å². The van der Waals surface area contributed by atoms with Gasteiger partial charge in [-0.15, -0.1) is 0 Å². The highest BCUT2D eigenvalue weighted by molar-refractivity contribution is 5.99. The number of carbonyl (C=O) groups is 1. The number of aliphatic hydroxyl groups excluding tert-OH is 1. The molecule has 3 heteroatoms. The maximum Gasteiger partial charge on any atom is 0.188 e. The van der Waals surface area contributed by atoms with Crippen molar-refractivity contribution in [1.29, 1.82) is 0 Å². The van der Waals surface area contributed by atoms with Crippen molar-refractivity contribution in [2.75, 3.05) is 0 Å². The molecule has 1 fully saturated rings. The van der Waals surface area contributed by atoms with Crippen molar-refractivity contribution in [3.05, 3.63) is 12.2 Å². The van der Waals surface area contributed by atoms with E-state index in [1.165, 1.54) is 0 Å². The normalized spacial score (nSPS) is 20.2. The summed E-state index contributed by atoms with van der Waals surface area (Å²) >= 11 is 0. The molecule has 0 saturated heterocycles. The highest BCUT2D eigenvalue weighted by Gasteiger charge is 2.33. The number of ketones is 1. The van der Waals surface area contributed by atoms with Gasteiger partial charge in [-0.3, -0.25) is 4.79 Å². The zero-order chi connectivity index (χ0) is 10.7. The first-order chi connectivity index (χ1) is 6.57. The van der Waals surface area contributed by atoms with Gasteiger partial charge in [0.25, 0.3) is 0 Å². The van der Waals surface area contributed by atoms with Crippen LogP contribution in [0.15, 0.2) is 12.2 Å². The molecule has 3 N–H and O–H groups in total. The Hall–Kier alpha value is -0.670. The van der Waals surface area contributed by atoms with Gasteiger partial charge in [-0.2, -0.15) is 0 Å². The highest BCUT2D eigenvalue weighted by atomic mass is 16.3. The smallest absolute Gasteiger partial charge is 0.188 e. The number of hydrogen-bond donors (Lipinski definition) is 2. The number of hydrogen-bond acceptors (Lipinski definition) is 3. The molecule has 1 saturated carbocycles. The van der Waals surface area contributed by atoms with Crippen LogP contribution in [-0.4, -0.2) is 23.0 Å². The summed E-state index contributed by atoms with van der Waals surface area (Å²) in [6.07, 6.45) is 2.55. The van der Waals surface area contributed by atoms with E-state index in [1.54, 1.807) is 0 Å². The largest absolute Gasteiger partial charge is 0.383 e. The SMILES string of the molecule is C=C(C(=O)C(O)[C@@H](N)CCC)C1CC1. The van der Waals surface area contributed by atoms with Crippen LogP contribution in [0, 0.1) is 5.92 Å². The summed E-state index contributed by atoms with van der Waals surface area (Å²) in [6.45, 7) is 5.69. The molecule has 1 unspecified atom stereocenters. The molecule has 0 spiro atoms. The van der Waals surface area contributed by atoms with Gasteiger partial charge in [0.1, 0.15) is 6.10 Å². The van der Waals surface area contributed by atoms with Gasteiger partial charge < -0.3 is 10.8 Å². The second kappa shape index (κ2) is 4.71. The molecular weight excluding hydrogens is 178 g/mol. The fraction of sp³-hybridized carbons (Fsp3) is 0.727. The Kier molecular flexibility index (Phi) is 3.84. The lowest BCUT2D eigenvalue weighted by molar-refractivity contribution is -0.124. The van der Waals surface area contributed by atoms with Gasteiger partial charge in [-0.1, -0.05) is 19.9 Å². The number of carbonyl (C=O) groups excluding carboxylic acids is 1. The first-order valence-corrected chi connectivity index (χ1v) is 5.24. The summed E-state index contributed by atoms with van der Waals surface area (Å²) in [5, 5.41) is 9.63. The fourth-order valence-corrected chi connectivity index (χ4v) is 1.51. The number of Topliss-reactive ketones (excluding diaryl/α,β-unsaturated/α-hetero) is 1. The Morgan fingerprint density at radius 3 is 2.64 bits per heavy atom. The van der Waals surface area contributed by atoms with Crippen molar-refractivity contribution in [3.63, 3.8) is 0 Å². The summed E-state index contributed by atoms with van der Waals surface area (Å²) in [6, 6.07) is -0.442. The summed E-state index contributed by atoms with van der Waals surface area (Å²) in [5.74, 6) is 0.0550. The van der Waals surface area contributed by atoms with Crippen LogP contribution in [0.4, 0.5) is 0 Å². The molecule has 0 amide bonds. The number of nitrogens with two attached hydrogens (primary N) is 1. The topological polar surface area (TPSA) is 63.3 Å². The third-order valence-electron chi connectivity index (χ3n) is 2.68. The van der Waals surface area contributed by atoms with Crippen LogP contribution in [0.5, 0.6) is 0 Å². The highest BCUT2D eigenvalue weighted by Crippen LogP contribution is 2.36. The predicted octanol–water partition coefficient (Wildman–Crippen LogP) is 1.01. The zero-order valence-corrected chi connectivity index (χ0v) is 8.70. The monoisotopic (exact) mass is 197 g/mol. The molecule has 0 aromatic carbocycles.